The van der Waals surface area contributed by atoms with Crippen LogP contribution in [-0.2, 0) is 0 Å². The van der Waals surface area contributed by atoms with Gasteiger partial charge in [-0.1, -0.05) is 70.2 Å². The molecule has 2 aromatic rings. The van der Waals surface area contributed by atoms with Crippen molar-refractivity contribution in [2.45, 2.75) is 84.0 Å². The van der Waals surface area contributed by atoms with E-state index in [1.54, 1.807) is 0 Å². The van der Waals surface area contributed by atoms with Crippen molar-refractivity contribution >= 4 is 0 Å². The molecule has 1 saturated carbocycles. The summed E-state index contributed by atoms with van der Waals surface area (Å²) in [6.45, 7) is 5.12. The molecule has 0 heterocycles. The van der Waals surface area contributed by atoms with Gasteiger partial charge in [0.05, 0.1) is 17.7 Å². The first-order chi connectivity index (χ1) is 15.7. The molecule has 32 heavy (non-hydrogen) atoms. The molecule has 0 N–H and O–H groups in total. The zero-order valence-corrected chi connectivity index (χ0v) is 19.7. The summed E-state index contributed by atoms with van der Waals surface area (Å²) in [6.07, 6.45) is 12.2. The van der Waals surface area contributed by atoms with Gasteiger partial charge in [-0.25, -0.2) is 0 Å². The monoisotopic (exact) mass is 428 g/mol. The molecule has 0 amide bonds. The van der Waals surface area contributed by atoms with Crippen molar-refractivity contribution in [2.75, 3.05) is 6.61 Å². The lowest BCUT2D eigenvalue weighted by Crippen LogP contribution is -2.15. The Morgan fingerprint density at radius 3 is 2.12 bits per heavy atom. The van der Waals surface area contributed by atoms with E-state index in [1.165, 1.54) is 38.5 Å². The fourth-order valence-electron chi connectivity index (χ4n) is 4.95. The highest BCUT2D eigenvalue weighted by Gasteiger charge is 2.26. The van der Waals surface area contributed by atoms with Crippen LogP contribution in [0.25, 0.3) is 11.1 Å². The predicted molar refractivity (Wildman–Crippen MR) is 131 cm³/mol. The molecule has 1 aliphatic rings. The van der Waals surface area contributed by atoms with Crippen molar-refractivity contribution in [2.24, 2.45) is 5.92 Å². The quantitative estimate of drug-likeness (QED) is 0.359. The third-order valence-corrected chi connectivity index (χ3v) is 6.90. The highest BCUT2D eigenvalue weighted by Crippen LogP contribution is 2.41. The number of nitriles is 2. The van der Waals surface area contributed by atoms with Gasteiger partial charge in [0.15, 0.2) is 0 Å². The van der Waals surface area contributed by atoms with E-state index in [4.69, 9.17) is 4.74 Å². The predicted octanol–water partition coefficient (Wildman–Crippen LogP) is 8.13. The van der Waals surface area contributed by atoms with Crippen LogP contribution in [0.2, 0.25) is 0 Å². The third-order valence-electron chi connectivity index (χ3n) is 6.90. The van der Waals surface area contributed by atoms with Gasteiger partial charge in [-0.3, -0.25) is 0 Å². The van der Waals surface area contributed by atoms with Gasteiger partial charge >= 0.3 is 0 Å². The minimum Gasteiger partial charge on any atom is -0.494 e. The Hall–Kier alpha value is -2.78. The molecule has 1 aliphatic carbocycles. The second kappa shape index (κ2) is 12.3. The van der Waals surface area contributed by atoms with Crippen molar-refractivity contribution in [1.82, 2.24) is 0 Å². The second-order valence-corrected chi connectivity index (χ2v) is 9.12. The molecule has 0 atom stereocenters. The Bertz CT molecular complexity index is 941. The molecule has 168 valence electrons. The molecule has 0 radical (unpaired) electrons. The molecule has 0 aliphatic heterocycles. The minimum atomic E-state index is 0.391. The molecule has 3 heteroatoms. The third kappa shape index (κ3) is 5.92. The van der Waals surface area contributed by atoms with Gasteiger partial charge in [0.25, 0.3) is 0 Å². The van der Waals surface area contributed by atoms with Gasteiger partial charge in [0.1, 0.15) is 17.9 Å². The van der Waals surface area contributed by atoms with Crippen LogP contribution in [0.3, 0.4) is 0 Å². The number of nitrogens with zero attached hydrogens (tertiary/aromatic N) is 2. The molecule has 0 spiro atoms. The zero-order valence-electron chi connectivity index (χ0n) is 19.7. The lowest BCUT2D eigenvalue weighted by atomic mass is 9.75. The Morgan fingerprint density at radius 2 is 1.50 bits per heavy atom. The Kier molecular flexibility index (Phi) is 9.18. The fraction of sp³-hybridized carbons (Fsp3) is 0.517. The van der Waals surface area contributed by atoms with E-state index in [-0.39, 0.29) is 0 Å². The van der Waals surface area contributed by atoms with Gasteiger partial charge in [-0.05, 0) is 67.2 Å². The molecule has 2 aromatic carbocycles. The van der Waals surface area contributed by atoms with Crippen molar-refractivity contribution in [1.29, 1.82) is 10.5 Å². The maximum Gasteiger partial charge on any atom is 0.119 e. The van der Waals surface area contributed by atoms with E-state index in [0.29, 0.717) is 23.7 Å². The number of hydrogen-bond donors (Lipinski definition) is 0. The van der Waals surface area contributed by atoms with Crippen LogP contribution in [0, 0.1) is 28.6 Å². The summed E-state index contributed by atoms with van der Waals surface area (Å²) < 4.78 is 5.76. The van der Waals surface area contributed by atoms with Crippen molar-refractivity contribution in [3.05, 3.63) is 53.1 Å². The molecule has 3 nitrogen and oxygen atoms in total. The van der Waals surface area contributed by atoms with E-state index in [0.717, 1.165) is 54.0 Å². The van der Waals surface area contributed by atoms with E-state index in [9.17, 15) is 10.5 Å². The molecular weight excluding hydrogens is 392 g/mol. The minimum absolute atomic E-state index is 0.391. The van der Waals surface area contributed by atoms with Gasteiger partial charge in [0, 0.05) is 5.56 Å². The largest absolute Gasteiger partial charge is 0.494 e. The van der Waals surface area contributed by atoms with E-state index >= 15 is 0 Å². The average molecular weight is 429 g/mol. The molecular formula is C29H36N2O. The molecule has 0 saturated heterocycles. The SMILES string of the molecule is CCCCC[C@H]1CC[C@H](c2ccc(-c3ccc(OCCCC)cc3)c(C#N)c2C#N)CC1. The van der Waals surface area contributed by atoms with Crippen LogP contribution in [0.4, 0.5) is 0 Å². The molecule has 1 fully saturated rings. The summed E-state index contributed by atoms with van der Waals surface area (Å²) in [4.78, 5) is 0. The number of hydrogen-bond acceptors (Lipinski definition) is 3. The standard InChI is InChI=1S/C29H36N2O/c1-3-5-7-8-22-9-11-23(12-10-22)26-17-18-27(29(21-31)28(26)20-30)24-13-15-25(16-14-24)32-19-6-4-2/h13-18,22-23H,3-12,19H2,1-2H3/t22-,23-. The second-order valence-electron chi connectivity index (χ2n) is 9.12. The van der Waals surface area contributed by atoms with Crippen LogP contribution < -0.4 is 4.74 Å². The van der Waals surface area contributed by atoms with Crippen LogP contribution in [0.15, 0.2) is 36.4 Å². The smallest absolute Gasteiger partial charge is 0.119 e. The average Bonchev–Trinajstić information content (AvgIpc) is 2.84. The normalized spacial score (nSPS) is 18.0. The molecule has 3 rings (SSSR count). The summed E-state index contributed by atoms with van der Waals surface area (Å²) >= 11 is 0. The van der Waals surface area contributed by atoms with Crippen molar-refractivity contribution in [3.63, 3.8) is 0 Å². The Labute approximate surface area is 194 Å². The summed E-state index contributed by atoms with van der Waals surface area (Å²) in [5.41, 5.74) is 3.94. The summed E-state index contributed by atoms with van der Waals surface area (Å²) in [5, 5.41) is 19.9. The van der Waals surface area contributed by atoms with Crippen LogP contribution in [0.5, 0.6) is 5.75 Å². The summed E-state index contributed by atoms with van der Waals surface area (Å²) in [7, 11) is 0. The van der Waals surface area contributed by atoms with Crippen LogP contribution in [0.1, 0.15) is 101 Å². The van der Waals surface area contributed by atoms with Gasteiger partial charge in [0.2, 0.25) is 0 Å². The Morgan fingerprint density at radius 1 is 0.812 bits per heavy atom. The maximum atomic E-state index is 9.97. The molecule has 0 bridgehead atoms. The highest BCUT2D eigenvalue weighted by atomic mass is 16.5. The molecule has 0 aromatic heterocycles. The maximum absolute atomic E-state index is 9.97. The Balaban J connectivity index is 1.76. The van der Waals surface area contributed by atoms with Crippen molar-refractivity contribution in [3.8, 4) is 29.0 Å². The van der Waals surface area contributed by atoms with Crippen molar-refractivity contribution < 1.29 is 4.74 Å². The van der Waals surface area contributed by atoms with Gasteiger partial charge < -0.3 is 4.74 Å². The number of benzene rings is 2. The topological polar surface area (TPSA) is 56.8 Å². The van der Waals surface area contributed by atoms with Gasteiger partial charge in [-0.15, -0.1) is 0 Å². The number of unbranched alkanes of at least 4 members (excludes halogenated alkanes) is 3. The van der Waals surface area contributed by atoms with Crippen LogP contribution in [-0.4, -0.2) is 6.61 Å². The van der Waals surface area contributed by atoms with E-state index in [2.05, 4.69) is 32.1 Å². The highest BCUT2D eigenvalue weighted by molar-refractivity contribution is 5.75. The summed E-state index contributed by atoms with van der Waals surface area (Å²) in [5.74, 6) is 2.06. The lowest BCUT2D eigenvalue weighted by Gasteiger charge is -2.29. The lowest BCUT2D eigenvalue weighted by molar-refractivity contribution is 0.302. The number of ether oxygens (including phenoxy) is 1. The van der Waals surface area contributed by atoms with Gasteiger partial charge in [-0.2, -0.15) is 10.5 Å². The first-order valence-corrected chi connectivity index (χ1v) is 12.4. The first-order valence-electron chi connectivity index (χ1n) is 12.4. The first kappa shape index (κ1) is 23.9. The van der Waals surface area contributed by atoms with E-state index in [1.807, 2.05) is 30.3 Å². The molecule has 0 unspecified atom stereocenters. The number of rotatable bonds is 10. The fourth-order valence-corrected chi connectivity index (χ4v) is 4.95. The zero-order chi connectivity index (χ0) is 22.8. The van der Waals surface area contributed by atoms with E-state index < -0.39 is 0 Å². The van der Waals surface area contributed by atoms with Crippen LogP contribution >= 0.6 is 0 Å². The summed E-state index contributed by atoms with van der Waals surface area (Å²) in [6, 6.07) is 16.7.